The molecule has 2 fully saturated rings. The minimum Gasteiger partial charge on any atom is -0.346 e. The van der Waals surface area contributed by atoms with Crippen molar-refractivity contribution in [3.8, 4) is 0 Å². The number of H-pyrrole nitrogens is 1. The fourth-order valence-corrected chi connectivity index (χ4v) is 5.64. The van der Waals surface area contributed by atoms with E-state index in [2.05, 4.69) is 34.7 Å². The molecule has 1 aromatic rings. The van der Waals surface area contributed by atoms with E-state index in [-0.39, 0.29) is 0 Å². The van der Waals surface area contributed by atoms with Gasteiger partial charge >= 0.3 is 0 Å². The molecule has 5 heteroatoms. The lowest BCUT2D eigenvalue weighted by Crippen LogP contribution is -2.20. The number of nitrogens with zero attached hydrogens (tertiary/aromatic N) is 1. The van der Waals surface area contributed by atoms with Crippen LogP contribution in [0.2, 0.25) is 0 Å². The number of aromatic amines is 1. The van der Waals surface area contributed by atoms with Crippen LogP contribution in [0.4, 0.5) is 0 Å². The van der Waals surface area contributed by atoms with Crippen molar-refractivity contribution >= 4 is 35.7 Å². The van der Waals surface area contributed by atoms with Crippen molar-refractivity contribution in [3.05, 3.63) is 22.2 Å². The van der Waals surface area contributed by atoms with Crippen LogP contribution >= 0.6 is 35.7 Å². The maximum atomic E-state index is 5.33. The van der Waals surface area contributed by atoms with E-state index in [0.29, 0.717) is 10.5 Å². The van der Waals surface area contributed by atoms with Gasteiger partial charge in [0.05, 0.1) is 5.25 Å². The van der Waals surface area contributed by atoms with E-state index in [4.69, 9.17) is 12.2 Å². The van der Waals surface area contributed by atoms with Crippen LogP contribution in [0.1, 0.15) is 48.9 Å². The van der Waals surface area contributed by atoms with Gasteiger partial charge in [-0.1, -0.05) is 19.1 Å². The second-order valence-electron chi connectivity index (χ2n) is 4.94. The van der Waals surface area contributed by atoms with Crippen molar-refractivity contribution in [2.75, 3.05) is 11.5 Å². The van der Waals surface area contributed by atoms with Crippen LogP contribution in [0.5, 0.6) is 0 Å². The molecule has 0 radical (unpaired) electrons. The summed E-state index contributed by atoms with van der Waals surface area (Å²) in [5.74, 6) is 4.33. The number of hydrogen-bond acceptors (Lipinski definition) is 4. The van der Waals surface area contributed by atoms with Crippen molar-refractivity contribution in [2.24, 2.45) is 0 Å². The Balaban J connectivity index is 1.91. The SMILES string of the molecule is CCC1SCCSC1c1nc(=S)cc(C2CC2)[nH]1. The van der Waals surface area contributed by atoms with Gasteiger partial charge in [0.1, 0.15) is 10.5 Å². The number of hydrogen-bond donors (Lipinski definition) is 1. The van der Waals surface area contributed by atoms with Crippen LogP contribution in [-0.4, -0.2) is 26.7 Å². The fourth-order valence-electron chi connectivity index (χ4n) is 2.40. The number of thioether (sulfide) groups is 2. The molecule has 2 aliphatic rings. The summed E-state index contributed by atoms with van der Waals surface area (Å²) in [6.45, 7) is 2.27. The Kier molecular flexibility index (Phi) is 4.01. The summed E-state index contributed by atoms with van der Waals surface area (Å²) in [4.78, 5) is 8.16. The van der Waals surface area contributed by atoms with Crippen molar-refractivity contribution < 1.29 is 0 Å². The molecular weight excluding hydrogens is 280 g/mol. The van der Waals surface area contributed by atoms with Gasteiger partial charge in [0, 0.05) is 22.4 Å². The maximum Gasteiger partial charge on any atom is 0.130 e. The minimum atomic E-state index is 0.495. The standard InChI is InChI=1S/C13H18N2S3/c1-2-10-12(18-6-5-17-10)13-14-9(8-3-4-8)7-11(16)15-13/h7-8,10,12H,2-6H2,1H3,(H,14,15,16). The third-order valence-electron chi connectivity index (χ3n) is 3.52. The molecule has 3 rings (SSSR count). The Labute approximate surface area is 122 Å². The van der Waals surface area contributed by atoms with Crippen LogP contribution in [0, 0.1) is 4.64 Å². The summed E-state index contributed by atoms with van der Waals surface area (Å²) >= 11 is 9.46. The predicted molar refractivity (Wildman–Crippen MR) is 83.1 cm³/mol. The van der Waals surface area contributed by atoms with Crippen molar-refractivity contribution in [1.29, 1.82) is 0 Å². The highest BCUT2D eigenvalue weighted by atomic mass is 32.2. The zero-order chi connectivity index (χ0) is 12.5. The zero-order valence-electron chi connectivity index (χ0n) is 10.5. The molecule has 0 aromatic carbocycles. The van der Waals surface area contributed by atoms with Crippen LogP contribution < -0.4 is 0 Å². The second-order valence-corrected chi connectivity index (χ2v) is 7.96. The van der Waals surface area contributed by atoms with E-state index in [1.165, 1.54) is 36.5 Å². The predicted octanol–water partition coefficient (Wildman–Crippen LogP) is 4.32. The molecule has 2 unspecified atom stereocenters. The van der Waals surface area contributed by atoms with Crippen molar-refractivity contribution in [3.63, 3.8) is 0 Å². The molecule has 2 atom stereocenters. The van der Waals surface area contributed by atoms with Gasteiger partial charge in [-0.15, -0.1) is 11.8 Å². The fraction of sp³-hybridized carbons (Fsp3) is 0.692. The summed E-state index contributed by atoms with van der Waals surface area (Å²) in [5, 5.41) is 1.17. The summed E-state index contributed by atoms with van der Waals surface area (Å²) in [7, 11) is 0. The molecule has 0 amide bonds. The lowest BCUT2D eigenvalue weighted by atomic mass is 10.2. The monoisotopic (exact) mass is 298 g/mol. The summed E-state index contributed by atoms with van der Waals surface area (Å²) in [6.07, 6.45) is 3.81. The molecule has 2 nitrogen and oxygen atoms in total. The summed E-state index contributed by atoms with van der Waals surface area (Å²) < 4.78 is 0.761. The Morgan fingerprint density at radius 3 is 2.89 bits per heavy atom. The van der Waals surface area contributed by atoms with E-state index in [1.807, 2.05) is 11.8 Å². The molecule has 0 spiro atoms. The van der Waals surface area contributed by atoms with Gasteiger partial charge < -0.3 is 4.98 Å². The van der Waals surface area contributed by atoms with E-state index < -0.39 is 0 Å². The van der Waals surface area contributed by atoms with Crippen LogP contribution in [0.25, 0.3) is 0 Å². The van der Waals surface area contributed by atoms with Crippen molar-refractivity contribution in [2.45, 2.75) is 42.6 Å². The molecule has 18 heavy (non-hydrogen) atoms. The first-order valence-corrected chi connectivity index (χ1v) is 9.13. The highest BCUT2D eigenvalue weighted by Gasteiger charge is 2.30. The van der Waals surface area contributed by atoms with Gasteiger partial charge in [-0.05, 0) is 31.2 Å². The molecule has 0 bridgehead atoms. The van der Waals surface area contributed by atoms with Gasteiger partial charge in [0.2, 0.25) is 0 Å². The highest BCUT2D eigenvalue weighted by Crippen LogP contribution is 2.44. The molecule has 1 N–H and O–H groups in total. The molecule has 1 saturated carbocycles. The van der Waals surface area contributed by atoms with E-state index in [1.54, 1.807) is 0 Å². The quantitative estimate of drug-likeness (QED) is 0.842. The Morgan fingerprint density at radius 2 is 2.17 bits per heavy atom. The van der Waals surface area contributed by atoms with E-state index >= 15 is 0 Å². The molecule has 1 aliphatic carbocycles. The maximum absolute atomic E-state index is 5.33. The Morgan fingerprint density at radius 1 is 1.39 bits per heavy atom. The van der Waals surface area contributed by atoms with Gasteiger partial charge in [0.15, 0.2) is 0 Å². The number of rotatable bonds is 3. The topological polar surface area (TPSA) is 28.7 Å². The Hall–Kier alpha value is -0.0000000000000000555. The van der Waals surface area contributed by atoms with Gasteiger partial charge in [-0.2, -0.15) is 11.8 Å². The summed E-state index contributed by atoms with van der Waals surface area (Å²) in [5.41, 5.74) is 1.32. The van der Waals surface area contributed by atoms with Gasteiger partial charge in [-0.3, -0.25) is 0 Å². The smallest absolute Gasteiger partial charge is 0.130 e. The first kappa shape index (κ1) is 13.0. The van der Waals surface area contributed by atoms with Gasteiger partial charge in [0.25, 0.3) is 0 Å². The van der Waals surface area contributed by atoms with Crippen molar-refractivity contribution in [1.82, 2.24) is 9.97 Å². The normalized spacial score (nSPS) is 28.3. The zero-order valence-corrected chi connectivity index (χ0v) is 13.0. The average Bonchev–Trinajstić information content (AvgIpc) is 3.22. The first-order valence-electron chi connectivity index (χ1n) is 6.62. The molecule has 2 heterocycles. The van der Waals surface area contributed by atoms with E-state index in [0.717, 1.165) is 16.4 Å². The third-order valence-corrected chi connectivity index (χ3v) is 6.99. The minimum absolute atomic E-state index is 0.495. The molecule has 98 valence electrons. The highest BCUT2D eigenvalue weighted by molar-refractivity contribution is 8.06. The van der Waals surface area contributed by atoms with Crippen LogP contribution in [0.3, 0.4) is 0 Å². The molecule has 1 aliphatic heterocycles. The average molecular weight is 299 g/mol. The molecular formula is C13H18N2S3. The van der Waals surface area contributed by atoms with Crippen LogP contribution in [0.15, 0.2) is 6.07 Å². The number of aromatic nitrogens is 2. The lowest BCUT2D eigenvalue weighted by molar-refractivity contribution is 0.738. The first-order chi connectivity index (χ1) is 8.78. The summed E-state index contributed by atoms with van der Waals surface area (Å²) in [6, 6.07) is 2.05. The largest absolute Gasteiger partial charge is 0.346 e. The Bertz CT molecular complexity index is 481. The van der Waals surface area contributed by atoms with Gasteiger partial charge in [-0.25, -0.2) is 4.98 Å². The number of nitrogens with one attached hydrogen (secondary N) is 1. The molecule has 1 aromatic heterocycles. The second kappa shape index (κ2) is 5.55. The van der Waals surface area contributed by atoms with E-state index in [9.17, 15) is 0 Å². The lowest BCUT2D eigenvalue weighted by Gasteiger charge is -2.29. The van der Waals surface area contributed by atoms with Crippen LogP contribution in [-0.2, 0) is 0 Å². The molecule has 1 saturated heterocycles. The third kappa shape index (κ3) is 2.78.